The second-order valence-corrected chi connectivity index (χ2v) is 6.31. The van der Waals surface area contributed by atoms with Crippen LogP contribution in [0.4, 0.5) is 5.69 Å². The van der Waals surface area contributed by atoms with Crippen molar-refractivity contribution in [3.8, 4) is 0 Å². The van der Waals surface area contributed by atoms with E-state index in [1.54, 1.807) is 19.1 Å². The highest BCUT2D eigenvalue weighted by Crippen LogP contribution is 2.23. The van der Waals surface area contributed by atoms with Gasteiger partial charge in [-0.05, 0) is 43.3 Å². The van der Waals surface area contributed by atoms with Crippen LogP contribution in [0, 0.1) is 0 Å². The van der Waals surface area contributed by atoms with Crippen molar-refractivity contribution in [2.24, 2.45) is 0 Å². The van der Waals surface area contributed by atoms with E-state index in [4.69, 9.17) is 9.15 Å². The number of fused-ring (bicyclic) bond motifs is 1. The lowest BCUT2D eigenvalue weighted by Gasteiger charge is -2.11. The summed E-state index contributed by atoms with van der Waals surface area (Å²) < 4.78 is 10.7. The van der Waals surface area contributed by atoms with Crippen LogP contribution in [0.1, 0.15) is 36.0 Å². The third kappa shape index (κ3) is 4.76. The molecule has 2 amide bonds. The van der Waals surface area contributed by atoms with Gasteiger partial charge in [-0.1, -0.05) is 18.2 Å². The maximum absolute atomic E-state index is 12.1. The molecule has 0 radical (unpaired) electrons. The summed E-state index contributed by atoms with van der Waals surface area (Å²) in [6.45, 7) is 2.78. The molecule has 1 aromatic heterocycles. The zero-order valence-corrected chi connectivity index (χ0v) is 15.5. The molecule has 0 saturated carbocycles. The van der Waals surface area contributed by atoms with E-state index in [0.29, 0.717) is 11.4 Å². The number of para-hydroxylation sites is 1. The van der Waals surface area contributed by atoms with E-state index in [-0.39, 0.29) is 17.5 Å². The number of carbonyl (C=O) groups is 3. The highest BCUT2D eigenvalue weighted by molar-refractivity contribution is 5.93. The standard InChI is InChI=1S/C21H20N2O5/c1-13(19-11-16-5-3-4-6-18(16)28-19)22-20(25)12-27-21(26)15-7-9-17(10-8-15)23-14(2)24/h3-11,13H,12H2,1-2H3,(H,22,25)(H,23,24)/t13-/m1/s1. The van der Waals surface area contributed by atoms with Crippen LogP contribution >= 0.6 is 0 Å². The highest BCUT2D eigenvalue weighted by Gasteiger charge is 2.16. The van der Waals surface area contributed by atoms with Crippen LogP contribution in [0.15, 0.2) is 59.0 Å². The molecule has 0 unspecified atom stereocenters. The predicted molar refractivity (Wildman–Crippen MR) is 104 cm³/mol. The number of hydrogen-bond acceptors (Lipinski definition) is 5. The minimum atomic E-state index is -0.624. The largest absolute Gasteiger partial charge is 0.459 e. The number of furan rings is 1. The third-order valence-electron chi connectivity index (χ3n) is 4.02. The number of nitrogens with one attached hydrogen (secondary N) is 2. The molecule has 2 N–H and O–H groups in total. The Morgan fingerprint density at radius 3 is 2.46 bits per heavy atom. The summed E-state index contributed by atoms with van der Waals surface area (Å²) in [5.74, 6) is -0.642. The molecule has 0 spiro atoms. The molecule has 0 bridgehead atoms. The van der Waals surface area contributed by atoms with Crippen LogP contribution in [0.25, 0.3) is 11.0 Å². The van der Waals surface area contributed by atoms with Crippen molar-refractivity contribution in [3.63, 3.8) is 0 Å². The first kappa shape index (κ1) is 19.2. The van der Waals surface area contributed by atoms with Crippen LogP contribution in [0.2, 0.25) is 0 Å². The first-order valence-corrected chi connectivity index (χ1v) is 8.75. The summed E-state index contributed by atoms with van der Waals surface area (Å²) in [5, 5.41) is 6.29. The molecule has 7 nitrogen and oxygen atoms in total. The van der Waals surface area contributed by atoms with Gasteiger partial charge in [-0.3, -0.25) is 9.59 Å². The van der Waals surface area contributed by atoms with E-state index in [9.17, 15) is 14.4 Å². The van der Waals surface area contributed by atoms with Gasteiger partial charge in [0.15, 0.2) is 6.61 Å². The summed E-state index contributed by atoms with van der Waals surface area (Å²) in [7, 11) is 0. The Kier molecular flexibility index (Phi) is 5.74. The van der Waals surface area contributed by atoms with Gasteiger partial charge in [-0.25, -0.2) is 4.79 Å². The summed E-state index contributed by atoms with van der Waals surface area (Å²) in [5.41, 5.74) is 1.60. The molecule has 0 fully saturated rings. The van der Waals surface area contributed by atoms with Gasteiger partial charge in [0.1, 0.15) is 11.3 Å². The van der Waals surface area contributed by atoms with Crippen molar-refractivity contribution >= 4 is 34.4 Å². The zero-order valence-electron chi connectivity index (χ0n) is 15.5. The predicted octanol–water partition coefficient (Wildman–Crippen LogP) is 3.43. The minimum absolute atomic E-state index is 0.203. The Bertz CT molecular complexity index is 974. The molecule has 3 rings (SSSR count). The van der Waals surface area contributed by atoms with Crippen LogP contribution in [0.3, 0.4) is 0 Å². The molecular weight excluding hydrogens is 360 g/mol. The van der Waals surface area contributed by atoms with Crippen LogP contribution in [-0.4, -0.2) is 24.4 Å². The lowest BCUT2D eigenvalue weighted by molar-refractivity contribution is -0.125. The second-order valence-electron chi connectivity index (χ2n) is 6.31. The lowest BCUT2D eigenvalue weighted by atomic mass is 10.2. The van der Waals surface area contributed by atoms with Crippen molar-refractivity contribution in [3.05, 3.63) is 65.9 Å². The van der Waals surface area contributed by atoms with Gasteiger partial charge < -0.3 is 19.8 Å². The molecule has 3 aromatic rings. The number of esters is 1. The molecule has 0 aliphatic carbocycles. The summed E-state index contributed by atoms with van der Waals surface area (Å²) in [4.78, 5) is 35.1. The van der Waals surface area contributed by atoms with E-state index < -0.39 is 18.5 Å². The smallest absolute Gasteiger partial charge is 0.338 e. The number of benzene rings is 2. The van der Waals surface area contributed by atoms with Gasteiger partial charge >= 0.3 is 5.97 Å². The van der Waals surface area contributed by atoms with E-state index in [1.807, 2.05) is 30.3 Å². The first-order chi connectivity index (χ1) is 13.4. The number of amides is 2. The summed E-state index contributed by atoms with van der Waals surface area (Å²) in [6.07, 6.45) is 0. The molecule has 7 heteroatoms. The van der Waals surface area contributed by atoms with Gasteiger partial charge in [-0.2, -0.15) is 0 Å². The van der Waals surface area contributed by atoms with Gasteiger partial charge in [0.2, 0.25) is 5.91 Å². The van der Waals surface area contributed by atoms with Crippen LogP contribution in [-0.2, 0) is 14.3 Å². The fourth-order valence-corrected chi connectivity index (χ4v) is 2.68. The maximum atomic E-state index is 12.1. The monoisotopic (exact) mass is 380 g/mol. The topological polar surface area (TPSA) is 97.6 Å². The summed E-state index contributed by atoms with van der Waals surface area (Å²) in [6, 6.07) is 15.3. The molecule has 2 aromatic carbocycles. The Morgan fingerprint density at radius 2 is 1.79 bits per heavy atom. The van der Waals surface area contributed by atoms with E-state index in [1.165, 1.54) is 19.1 Å². The molecule has 1 atom stereocenters. The fraction of sp³-hybridized carbons (Fsp3) is 0.190. The fourth-order valence-electron chi connectivity index (χ4n) is 2.68. The maximum Gasteiger partial charge on any atom is 0.338 e. The van der Waals surface area contributed by atoms with E-state index >= 15 is 0 Å². The minimum Gasteiger partial charge on any atom is -0.459 e. The Hall–Kier alpha value is -3.61. The molecule has 144 valence electrons. The average Bonchev–Trinajstić information content (AvgIpc) is 3.10. The number of anilines is 1. The zero-order chi connectivity index (χ0) is 20.1. The molecule has 0 aliphatic heterocycles. The molecule has 1 heterocycles. The number of carbonyl (C=O) groups excluding carboxylic acids is 3. The Labute approximate surface area is 161 Å². The van der Waals surface area contributed by atoms with Crippen molar-refractivity contribution in [2.75, 3.05) is 11.9 Å². The van der Waals surface area contributed by atoms with Crippen molar-refractivity contribution in [2.45, 2.75) is 19.9 Å². The quantitative estimate of drug-likeness (QED) is 0.639. The Balaban J connectivity index is 1.51. The van der Waals surface area contributed by atoms with Gasteiger partial charge in [0, 0.05) is 18.0 Å². The van der Waals surface area contributed by atoms with E-state index in [2.05, 4.69) is 10.6 Å². The van der Waals surface area contributed by atoms with Gasteiger partial charge in [0.25, 0.3) is 5.91 Å². The average molecular weight is 380 g/mol. The van der Waals surface area contributed by atoms with Crippen LogP contribution in [0.5, 0.6) is 0 Å². The first-order valence-electron chi connectivity index (χ1n) is 8.75. The summed E-state index contributed by atoms with van der Waals surface area (Å²) >= 11 is 0. The van der Waals surface area contributed by atoms with E-state index in [0.717, 1.165) is 11.0 Å². The normalized spacial score (nSPS) is 11.6. The Morgan fingerprint density at radius 1 is 1.07 bits per heavy atom. The number of rotatable bonds is 6. The van der Waals surface area contributed by atoms with Crippen molar-refractivity contribution in [1.82, 2.24) is 5.32 Å². The molecule has 0 aliphatic rings. The van der Waals surface area contributed by atoms with Crippen molar-refractivity contribution in [1.29, 1.82) is 0 Å². The third-order valence-corrected chi connectivity index (χ3v) is 4.02. The number of hydrogen-bond donors (Lipinski definition) is 2. The van der Waals surface area contributed by atoms with Crippen LogP contribution < -0.4 is 10.6 Å². The van der Waals surface area contributed by atoms with Gasteiger partial charge in [0.05, 0.1) is 11.6 Å². The van der Waals surface area contributed by atoms with Gasteiger partial charge in [-0.15, -0.1) is 0 Å². The second kappa shape index (κ2) is 8.39. The SMILES string of the molecule is CC(=O)Nc1ccc(C(=O)OCC(=O)N[C@H](C)c2cc3ccccc3o2)cc1. The molecule has 28 heavy (non-hydrogen) atoms. The molecular formula is C21H20N2O5. The lowest BCUT2D eigenvalue weighted by Crippen LogP contribution is -2.31. The number of ether oxygens (including phenoxy) is 1. The molecule has 0 saturated heterocycles. The van der Waals surface area contributed by atoms with Crippen molar-refractivity contribution < 1.29 is 23.5 Å². The highest BCUT2D eigenvalue weighted by atomic mass is 16.5.